The zero-order chi connectivity index (χ0) is 22.2. The Morgan fingerprint density at radius 1 is 1.13 bits per heavy atom. The third-order valence-corrected chi connectivity index (χ3v) is 7.88. The minimum Gasteiger partial charge on any atom is -0.468 e. The highest BCUT2D eigenvalue weighted by Gasteiger charge is 2.52. The van der Waals surface area contributed by atoms with Gasteiger partial charge in [0.25, 0.3) is 0 Å². The molecule has 0 atom stereocenters. The van der Waals surface area contributed by atoms with Gasteiger partial charge in [0.05, 0.1) is 23.8 Å². The van der Waals surface area contributed by atoms with Crippen LogP contribution in [0.1, 0.15) is 34.5 Å². The molecule has 0 aliphatic heterocycles. The second-order valence-electron chi connectivity index (χ2n) is 7.49. The lowest BCUT2D eigenvalue weighted by Gasteiger charge is -2.13. The van der Waals surface area contributed by atoms with Crippen molar-refractivity contribution in [2.24, 2.45) is 0 Å². The van der Waals surface area contributed by atoms with E-state index in [0.29, 0.717) is 16.3 Å². The molecule has 1 aliphatic rings. The van der Waals surface area contributed by atoms with E-state index < -0.39 is 17.2 Å². The van der Waals surface area contributed by atoms with Crippen molar-refractivity contribution in [1.29, 1.82) is 0 Å². The SMILES string of the molecule is COC(=O)C1(c2ccc(SCc3sc(-c4ccc(C(F)(F)F)cc4)nc3C)cc2)CC1. The van der Waals surface area contributed by atoms with Crippen LogP contribution < -0.4 is 0 Å². The molecule has 1 heterocycles. The lowest BCUT2D eigenvalue weighted by molar-refractivity contribution is -0.143. The van der Waals surface area contributed by atoms with Crippen LogP contribution >= 0.6 is 23.1 Å². The maximum absolute atomic E-state index is 12.8. The Morgan fingerprint density at radius 2 is 1.77 bits per heavy atom. The molecule has 0 amide bonds. The molecule has 3 nitrogen and oxygen atoms in total. The third kappa shape index (κ3) is 4.50. The normalized spacial score (nSPS) is 15.0. The van der Waals surface area contributed by atoms with Crippen LogP contribution in [0.3, 0.4) is 0 Å². The van der Waals surface area contributed by atoms with Crippen LogP contribution in [-0.4, -0.2) is 18.1 Å². The first kappa shape index (κ1) is 21.9. The average molecular weight is 464 g/mol. The van der Waals surface area contributed by atoms with Crippen molar-refractivity contribution in [1.82, 2.24) is 4.98 Å². The third-order valence-electron chi connectivity index (χ3n) is 5.45. The molecular weight excluding hydrogens is 443 g/mol. The number of alkyl halides is 3. The number of thiazole rings is 1. The highest BCUT2D eigenvalue weighted by atomic mass is 32.2. The summed E-state index contributed by atoms with van der Waals surface area (Å²) < 4.78 is 43.2. The fraction of sp³-hybridized carbons (Fsp3) is 0.304. The van der Waals surface area contributed by atoms with Gasteiger partial charge >= 0.3 is 12.1 Å². The molecule has 1 fully saturated rings. The van der Waals surface area contributed by atoms with E-state index in [2.05, 4.69) is 4.98 Å². The summed E-state index contributed by atoms with van der Waals surface area (Å²) in [6, 6.07) is 13.1. The van der Waals surface area contributed by atoms with E-state index >= 15 is 0 Å². The predicted molar refractivity (Wildman–Crippen MR) is 116 cm³/mol. The molecule has 162 valence electrons. The summed E-state index contributed by atoms with van der Waals surface area (Å²) in [5, 5.41) is 0.714. The molecule has 0 N–H and O–H groups in total. The molecule has 8 heteroatoms. The molecule has 3 aromatic rings. The number of hydrogen-bond acceptors (Lipinski definition) is 5. The number of benzene rings is 2. The van der Waals surface area contributed by atoms with E-state index in [9.17, 15) is 18.0 Å². The van der Waals surface area contributed by atoms with Gasteiger partial charge in [0.15, 0.2) is 0 Å². The van der Waals surface area contributed by atoms with Gasteiger partial charge in [-0.1, -0.05) is 24.3 Å². The Balaban J connectivity index is 1.43. The highest BCUT2D eigenvalue weighted by molar-refractivity contribution is 7.98. The Bertz CT molecular complexity index is 1090. The van der Waals surface area contributed by atoms with Gasteiger partial charge in [0.2, 0.25) is 0 Å². The van der Waals surface area contributed by atoms with E-state index in [-0.39, 0.29) is 5.97 Å². The number of nitrogens with zero attached hydrogens (tertiary/aromatic N) is 1. The van der Waals surface area contributed by atoms with Crippen LogP contribution in [0.5, 0.6) is 0 Å². The molecular formula is C23H20F3NO2S2. The van der Waals surface area contributed by atoms with Crippen LogP contribution in [0.4, 0.5) is 13.2 Å². The summed E-state index contributed by atoms with van der Waals surface area (Å²) in [5.74, 6) is 0.537. The summed E-state index contributed by atoms with van der Waals surface area (Å²) in [6.07, 6.45) is -2.71. The molecule has 0 bridgehead atoms. The number of aryl methyl sites for hydroxylation is 1. The minimum atomic E-state index is -4.34. The molecule has 31 heavy (non-hydrogen) atoms. The quantitative estimate of drug-likeness (QED) is 0.304. The van der Waals surface area contributed by atoms with Crippen LogP contribution in [0.2, 0.25) is 0 Å². The molecule has 1 aliphatic carbocycles. The van der Waals surface area contributed by atoms with E-state index in [0.717, 1.165) is 46.0 Å². The van der Waals surface area contributed by atoms with E-state index in [4.69, 9.17) is 4.74 Å². The van der Waals surface area contributed by atoms with Crippen molar-refractivity contribution in [2.75, 3.05) is 7.11 Å². The number of carbonyl (C=O) groups is 1. The summed E-state index contributed by atoms with van der Waals surface area (Å²) in [6.45, 7) is 1.91. The van der Waals surface area contributed by atoms with Gasteiger partial charge in [-0.2, -0.15) is 13.2 Å². The number of methoxy groups -OCH3 is 1. The molecule has 1 aromatic heterocycles. The monoisotopic (exact) mass is 463 g/mol. The first-order valence-electron chi connectivity index (χ1n) is 9.69. The molecule has 0 spiro atoms. The Labute approximate surface area is 186 Å². The fourth-order valence-corrected chi connectivity index (χ4v) is 5.55. The van der Waals surface area contributed by atoms with Gasteiger partial charge in [0.1, 0.15) is 5.01 Å². The number of hydrogen-bond donors (Lipinski definition) is 0. The van der Waals surface area contributed by atoms with Crippen LogP contribution in [0.25, 0.3) is 10.6 Å². The standard InChI is InChI=1S/C23H20F3NO2S2/c1-14-19(31-20(27-14)15-3-5-17(6-4-15)23(24,25)26)13-30-18-9-7-16(8-10-18)22(11-12-22)21(28)29-2/h3-10H,11-13H2,1-2H3. The Hall–Kier alpha value is -2.32. The maximum Gasteiger partial charge on any atom is 0.416 e. The van der Waals surface area contributed by atoms with Gasteiger partial charge in [0, 0.05) is 21.1 Å². The second-order valence-corrected chi connectivity index (χ2v) is 9.62. The fourth-order valence-electron chi connectivity index (χ4n) is 3.44. The molecule has 0 unspecified atom stereocenters. The molecule has 0 saturated heterocycles. The van der Waals surface area contributed by atoms with Gasteiger partial charge in [-0.05, 0) is 49.6 Å². The van der Waals surface area contributed by atoms with Crippen LogP contribution in [0.15, 0.2) is 53.4 Å². The van der Waals surface area contributed by atoms with Crippen LogP contribution in [-0.2, 0) is 26.9 Å². The molecule has 1 saturated carbocycles. The van der Waals surface area contributed by atoms with E-state index in [1.54, 1.807) is 11.8 Å². The average Bonchev–Trinajstić information content (AvgIpc) is 3.49. The van der Waals surface area contributed by atoms with Crippen molar-refractivity contribution in [3.8, 4) is 10.6 Å². The van der Waals surface area contributed by atoms with Crippen molar-refractivity contribution < 1.29 is 22.7 Å². The largest absolute Gasteiger partial charge is 0.468 e. The van der Waals surface area contributed by atoms with Crippen molar-refractivity contribution in [3.63, 3.8) is 0 Å². The Morgan fingerprint density at radius 3 is 2.32 bits per heavy atom. The lowest BCUT2D eigenvalue weighted by atomic mass is 9.96. The number of rotatable bonds is 6. The van der Waals surface area contributed by atoms with Gasteiger partial charge in [-0.3, -0.25) is 4.79 Å². The number of ether oxygens (including phenoxy) is 1. The first-order chi connectivity index (χ1) is 14.7. The molecule has 2 aromatic carbocycles. The smallest absolute Gasteiger partial charge is 0.416 e. The summed E-state index contributed by atoms with van der Waals surface area (Å²) >= 11 is 3.16. The van der Waals surface area contributed by atoms with E-state index in [1.165, 1.54) is 30.6 Å². The van der Waals surface area contributed by atoms with E-state index in [1.807, 2.05) is 31.2 Å². The van der Waals surface area contributed by atoms with Gasteiger partial charge in [-0.15, -0.1) is 23.1 Å². The van der Waals surface area contributed by atoms with Crippen molar-refractivity contribution in [3.05, 3.63) is 70.2 Å². The lowest BCUT2D eigenvalue weighted by Crippen LogP contribution is -2.21. The van der Waals surface area contributed by atoms with Gasteiger partial charge < -0.3 is 4.74 Å². The Kier molecular flexibility index (Phi) is 5.87. The second kappa shape index (κ2) is 8.31. The topological polar surface area (TPSA) is 39.2 Å². The van der Waals surface area contributed by atoms with Gasteiger partial charge in [-0.25, -0.2) is 4.98 Å². The van der Waals surface area contributed by atoms with Crippen molar-refractivity contribution in [2.45, 2.75) is 42.0 Å². The number of esters is 1. The molecule has 4 rings (SSSR count). The molecule has 0 radical (unpaired) electrons. The summed E-state index contributed by atoms with van der Waals surface area (Å²) in [7, 11) is 1.42. The van der Waals surface area contributed by atoms with Crippen LogP contribution in [0, 0.1) is 6.92 Å². The number of aromatic nitrogens is 1. The first-order valence-corrected chi connectivity index (χ1v) is 11.5. The zero-order valence-corrected chi connectivity index (χ0v) is 18.6. The minimum absolute atomic E-state index is 0.177. The predicted octanol–water partition coefficient (Wildman–Crippen LogP) is 6.63. The number of halogens is 3. The highest BCUT2D eigenvalue weighted by Crippen LogP contribution is 2.49. The zero-order valence-electron chi connectivity index (χ0n) is 17.0. The number of carbonyl (C=O) groups excluding carboxylic acids is 1. The summed E-state index contributed by atoms with van der Waals surface area (Å²) in [4.78, 5) is 18.7. The summed E-state index contributed by atoms with van der Waals surface area (Å²) in [5.41, 5.74) is 1.42. The maximum atomic E-state index is 12.8. The number of thioether (sulfide) groups is 1. The van der Waals surface area contributed by atoms with Crippen molar-refractivity contribution >= 4 is 29.1 Å².